The number of amides is 1. The number of para-hydroxylation sites is 1. The third-order valence-corrected chi connectivity index (χ3v) is 6.84. The van der Waals surface area contributed by atoms with Gasteiger partial charge in [0.25, 0.3) is 15.9 Å². The molecule has 0 spiro atoms. The summed E-state index contributed by atoms with van der Waals surface area (Å²) < 4.78 is 34.3. The Morgan fingerprint density at radius 1 is 0.875 bits per heavy atom. The van der Waals surface area contributed by atoms with E-state index in [1.165, 1.54) is 6.07 Å². The average Bonchev–Trinajstić information content (AvgIpc) is 2.75. The quantitative estimate of drug-likeness (QED) is 0.492. The van der Waals surface area contributed by atoms with Crippen LogP contribution in [0.15, 0.2) is 65.6 Å². The lowest BCUT2D eigenvalue weighted by Gasteiger charge is -2.14. The second-order valence-corrected chi connectivity index (χ2v) is 9.35. The molecule has 0 unspecified atom stereocenters. The molecule has 0 aliphatic rings. The van der Waals surface area contributed by atoms with E-state index in [0.717, 1.165) is 22.4 Å². The highest BCUT2D eigenvalue weighted by Gasteiger charge is 2.20. The molecule has 1 amide bonds. The van der Waals surface area contributed by atoms with Crippen molar-refractivity contribution >= 4 is 21.6 Å². The summed E-state index contributed by atoms with van der Waals surface area (Å²) in [5.41, 5.74) is 4.35. The molecule has 3 rings (SSSR count). The van der Waals surface area contributed by atoms with Crippen molar-refractivity contribution in [2.24, 2.45) is 0 Å². The van der Waals surface area contributed by atoms with E-state index in [-0.39, 0.29) is 16.4 Å². The summed E-state index contributed by atoms with van der Waals surface area (Å²) in [6.07, 6.45) is 0. The van der Waals surface area contributed by atoms with Gasteiger partial charge in [-0.1, -0.05) is 36.4 Å². The molecule has 0 saturated heterocycles. The van der Waals surface area contributed by atoms with Crippen molar-refractivity contribution in [1.82, 2.24) is 5.32 Å². The van der Waals surface area contributed by atoms with Gasteiger partial charge in [0.05, 0.1) is 17.1 Å². The molecule has 2 N–H and O–H groups in total. The molecule has 0 heterocycles. The average molecular weight is 453 g/mol. The molecule has 0 fully saturated rings. The van der Waals surface area contributed by atoms with Gasteiger partial charge in [0, 0.05) is 5.56 Å². The number of carbonyl (C=O) groups excluding carboxylic acids is 1. The number of carbonyl (C=O) groups is 1. The summed E-state index contributed by atoms with van der Waals surface area (Å²) >= 11 is 0. The lowest BCUT2D eigenvalue weighted by atomic mass is 10.1. The standard InChI is InChI=1S/C25H28N2O4S/c1-17-9-7-11-23(20(17)4)31-15-14-26-25(28)21-13-12-19(3)24(16-21)32(29,30)27-22-10-6-5-8-18(22)2/h5-13,16,27H,14-15H2,1-4H3,(H,26,28). The summed E-state index contributed by atoms with van der Waals surface area (Å²) in [4.78, 5) is 12.7. The molecule has 0 radical (unpaired) electrons. The van der Waals surface area contributed by atoms with Gasteiger partial charge in [-0.15, -0.1) is 0 Å². The first kappa shape index (κ1) is 23.3. The van der Waals surface area contributed by atoms with Crippen LogP contribution >= 0.6 is 0 Å². The number of aryl methyl sites for hydroxylation is 3. The van der Waals surface area contributed by atoms with Gasteiger partial charge in [0.1, 0.15) is 12.4 Å². The van der Waals surface area contributed by atoms with Crippen molar-refractivity contribution in [3.05, 3.63) is 88.5 Å². The third-order valence-electron chi connectivity index (χ3n) is 5.33. The van der Waals surface area contributed by atoms with Crippen LogP contribution in [0.5, 0.6) is 5.75 Å². The smallest absolute Gasteiger partial charge is 0.262 e. The van der Waals surface area contributed by atoms with Crippen molar-refractivity contribution in [1.29, 1.82) is 0 Å². The molecule has 0 saturated carbocycles. The molecule has 0 atom stereocenters. The van der Waals surface area contributed by atoms with Crippen molar-refractivity contribution in [3.8, 4) is 5.75 Å². The second kappa shape index (κ2) is 9.87. The van der Waals surface area contributed by atoms with Crippen LogP contribution in [-0.4, -0.2) is 27.5 Å². The first-order valence-electron chi connectivity index (χ1n) is 10.4. The van der Waals surface area contributed by atoms with E-state index < -0.39 is 10.0 Å². The third kappa shape index (κ3) is 5.48. The highest BCUT2D eigenvalue weighted by atomic mass is 32.2. The van der Waals surface area contributed by atoms with Crippen LogP contribution in [0.2, 0.25) is 0 Å². The van der Waals surface area contributed by atoms with E-state index in [0.29, 0.717) is 24.4 Å². The van der Waals surface area contributed by atoms with E-state index in [1.54, 1.807) is 31.2 Å². The molecule has 0 aliphatic carbocycles. The van der Waals surface area contributed by atoms with Gasteiger partial charge in [0.2, 0.25) is 0 Å². The molecule has 3 aromatic rings. The fourth-order valence-corrected chi connectivity index (χ4v) is 4.63. The SMILES string of the molecule is Cc1ccccc1NS(=O)(=O)c1cc(C(=O)NCCOc2cccc(C)c2C)ccc1C. The van der Waals surface area contributed by atoms with Gasteiger partial charge in [-0.25, -0.2) is 8.42 Å². The minimum atomic E-state index is -3.85. The zero-order valence-corrected chi connectivity index (χ0v) is 19.5. The Balaban J connectivity index is 1.67. The number of hydrogen-bond acceptors (Lipinski definition) is 4. The van der Waals surface area contributed by atoms with Gasteiger partial charge < -0.3 is 10.1 Å². The van der Waals surface area contributed by atoms with E-state index in [1.807, 2.05) is 51.1 Å². The Bertz CT molecular complexity index is 1240. The summed E-state index contributed by atoms with van der Waals surface area (Å²) in [6.45, 7) is 8.13. The largest absolute Gasteiger partial charge is 0.491 e. The summed E-state index contributed by atoms with van der Waals surface area (Å²) in [6, 6.07) is 17.6. The van der Waals surface area contributed by atoms with Crippen molar-refractivity contribution in [3.63, 3.8) is 0 Å². The predicted molar refractivity (Wildman–Crippen MR) is 127 cm³/mol. The predicted octanol–water partition coefficient (Wildman–Crippen LogP) is 4.53. The molecule has 7 heteroatoms. The number of anilines is 1. The van der Waals surface area contributed by atoms with Gasteiger partial charge >= 0.3 is 0 Å². The molecule has 32 heavy (non-hydrogen) atoms. The van der Waals surface area contributed by atoms with Gasteiger partial charge in [0.15, 0.2) is 0 Å². The fourth-order valence-electron chi connectivity index (χ4n) is 3.23. The number of sulfonamides is 1. The van der Waals surface area contributed by atoms with Crippen molar-refractivity contribution < 1.29 is 17.9 Å². The highest BCUT2D eigenvalue weighted by molar-refractivity contribution is 7.92. The molecule has 0 aliphatic heterocycles. The van der Waals surface area contributed by atoms with E-state index in [4.69, 9.17) is 4.74 Å². The fraction of sp³-hybridized carbons (Fsp3) is 0.240. The lowest BCUT2D eigenvalue weighted by molar-refractivity contribution is 0.0946. The molecular formula is C25H28N2O4S. The van der Waals surface area contributed by atoms with Crippen LogP contribution in [0.4, 0.5) is 5.69 Å². The second-order valence-electron chi connectivity index (χ2n) is 7.70. The van der Waals surface area contributed by atoms with Crippen LogP contribution < -0.4 is 14.8 Å². The monoisotopic (exact) mass is 452 g/mol. The molecule has 0 bridgehead atoms. The first-order chi connectivity index (χ1) is 15.2. The summed E-state index contributed by atoms with van der Waals surface area (Å²) in [7, 11) is -3.85. The molecule has 168 valence electrons. The lowest BCUT2D eigenvalue weighted by Crippen LogP contribution is -2.28. The minimum Gasteiger partial charge on any atom is -0.491 e. The Labute approximate surface area is 189 Å². The maximum Gasteiger partial charge on any atom is 0.262 e. The maximum atomic E-state index is 13.0. The molecule has 6 nitrogen and oxygen atoms in total. The maximum absolute atomic E-state index is 13.0. The van der Waals surface area contributed by atoms with Gasteiger partial charge in [-0.3, -0.25) is 9.52 Å². The Morgan fingerprint density at radius 2 is 1.59 bits per heavy atom. The normalized spacial score (nSPS) is 11.1. The molecule has 0 aromatic heterocycles. The number of rotatable bonds is 8. The van der Waals surface area contributed by atoms with Crippen LogP contribution in [-0.2, 0) is 10.0 Å². The summed E-state index contributed by atoms with van der Waals surface area (Å²) in [5, 5.41) is 2.78. The number of ether oxygens (including phenoxy) is 1. The summed E-state index contributed by atoms with van der Waals surface area (Å²) in [5.74, 6) is 0.423. The Kier molecular flexibility index (Phi) is 7.20. The molecule has 3 aromatic carbocycles. The van der Waals surface area contributed by atoms with E-state index in [2.05, 4.69) is 10.0 Å². The number of hydrogen-bond donors (Lipinski definition) is 2. The van der Waals surface area contributed by atoms with Gasteiger partial charge in [-0.05, 0) is 74.2 Å². The zero-order chi connectivity index (χ0) is 23.3. The topological polar surface area (TPSA) is 84.5 Å². The minimum absolute atomic E-state index is 0.0695. The number of nitrogens with one attached hydrogen (secondary N) is 2. The van der Waals surface area contributed by atoms with Crippen molar-refractivity contribution in [2.45, 2.75) is 32.6 Å². The highest BCUT2D eigenvalue weighted by Crippen LogP contribution is 2.23. The van der Waals surface area contributed by atoms with E-state index in [9.17, 15) is 13.2 Å². The van der Waals surface area contributed by atoms with Crippen LogP contribution in [0.25, 0.3) is 0 Å². The van der Waals surface area contributed by atoms with Crippen molar-refractivity contribution in [2.75, 3.05) is 17.9 Å². The first-order valence-corrected chi connectivity index (χ1v) is 11.8. The van der Waals surface area contributed by atoms with Crippen LogP contribution in [0, 0.1) is 27.7 Å². The van der Waals surface area contributed by atoms with Crippen LogP contribution in [0.3, 0.4) is 0 Å². The number of benzene rings is 3. The van der Waals surface area contributed by atoms with Gasteiger partial charge in [-0.2, -0.15) is 0 Å². The Morgan fingerprint density at radius 3 is 2.34 bits per heavy atom. The van der Waals surface area contributed by atoms with E-state index >= 15 is 0 Å². The zero-order valence-electron chi connectivity index (χ0n) is 18.7. The Hall–Kier alpha value is -3.32. The molecular weight excluding hydrogens is 424 g/mol. The van der Waals surface area contributed by atoms with Crippen LogP contribution in [0.1, 0.15) is 32.6 Å².